The molecule has 0 bridgehead atoms. The van der Waals surface area contributed by atoms with Gasteiger partial charge < -0.3 is 53.6 Å². The highest BCUT2D eigenvalue weighted by Gasteiger charge is 2.52. The average molecular weight is 555 g/mol. The molecule has 14 heteroatoms. The Balaban J connectivity index is 1.47. The van der Waals surface area contributed by atoms with Crippen LogP contribution in [0.3, 0.4) is 0 Å². The molecule has 0 aromatic heterocycles. The number of phenolic OH excluding ortho intramolecular Hbond substituents is 1. The van der Waals surface area contributed by atoms with E-state index in [1.54, 1.807) is 6.92 Å². The van der Waals surface area contributed by atoms with Gasteiger partial charge in [-0.3, -0.25) is 4.79 Å². The third-order valence-corrected chi connectivity index (χ3v) is 6.91. The minimum Gasteiger partial charge on any atom is -0.504 e. The lowest BCUT2D eigenvalue weighted by atomic mass is 9.77. The van der Waals surface area contributed by atoms with Crippen molar-refractivity contribution in [1.29, 1.82) is 0 Å². The second-order valence-electron chi connectivity index (χ2n) is 9.29. The number of esters is 3. The van der Waals surface area contributed by atoms with E-state index in [1.165, 1.54) is 32.4 Å². The van der Waals surface area contributed by atoms with Gasteiger partial charge in [-0.15, -0.1) is 0 Å². The highest BCUT2D eigenvalue weighted by Crippen LogP contribution is 2.41. The van der Waals surface area contributed by atoms with Crippen molar-refractivity contribution < 1.29 is 68.0 Å². The predicted molar refractivity (Wildman–Crippen MR) is 125 cm³/mol. The van der Waals surface area contributed by atoms with Crippen LogP contribution in [0.5, 0.6) is 11.5 Å². The molecule has 2 fully saturated rings. The van der Waals surface area contributed by atoms with Crippen molar-refractivity contribution in [2.45, 2.75) is 56.4 Å². The number of cyclic esters (lactones) is 1. The Morgan fingerprint density at radius 1 is 1.05 bits per heavy atom. The minimum absolute atomic E-state index is 0.0408. The van der Waals surface area contributed by atoms with E-state index in [0.29, 0.717) is 0 Å². The number of methoxy groups -OCH3 is 2. The van der Waals surface area contributed by atoms with Gasteiger partial charge in [0.15, 0.2) is 17.8 Å². The van der Waals surface area contributed by atoms with Gasteiger partial charge in [0.2, 0.25) is 6.29 Å². The van der Waals surface area contributed by atoms with Crippen molar-refractivity contribution >= 4 is 17.9 Å². The van der Waals surface area contributed by atoms with Crippen molar-refractivity contribution in [3.8, 4) is 11.5 Å². The second-order valence-corrected chi connectivity index (χ2v) is 9.29. The van der Waals surface area contributed by atoms with E-state index < -0.39 is 79.5 Å². The Bertz CT molecular complexity index is 1120. The standard InChI is InChI=1S/C25H30O14/c1-10-18-12(7-17(27)37-10)13(23(32)34-3)8-36-24(18)39-25-21(30)20(29)19(28)16(38-25)9-35-22(31)11-4-5-14(26)15(6-11)33-2/h4-6,8,10,12,16,18-21,24-26,28-30H,7,9H2,1-3H3. The molecule has 14 nitrogen and oxygen atoms in total. The maximum absolute atomic E-state index is 12.5. The van der Waals surface area contributed by atoms with E-state index in [1.807, 2.05) is 0 Å². The number of aliphatic hydroxyl groups is 3. The van der Waals surface area contributed by atoms with Crippen molar-refractivity contribution in [2.24, 2.45) is 11.8 Å². The van der Waals surface area contributed by atoms with Crippen molar-refractivity contribution in [1.82, 2.24) is 0 Å². The molecule has 9 atom stereocenters. The maximum atomic E-state index is 12.5. The van der Waals surface area contributed by atoms with Crippen LogP contribution in [0.2, 0.25) is 0 Å². The Morgan fingerprint density at radius 2 is 1.79 bits per heavy atom. The zero-order chi connectivity index (χ0) is 28.4. The number of phenols is 1. The van der Waals surface area contributed by atoms with E-state index in [2.05, 4.69) is 0 Å². The van der Waals surface area contributed by atoms with Gasteiger partial charge in [0, 0.05) is 5.92 Å². The third-order valence-electron chi connectivity index (χ3n) is 6.91. The van der Waals surface area contributed by atoms with Gasteiger partial charge in [-0.1, -0.05) is 0 Å². The molecule has 1 aromatic carbocycles. The Kier molecular flexibility index (Phi) is 8.61. The molecule has 0 aliphatic carbocycles. The highest BCUT2D eigenvalue weighted by atomic mass is 16.8. The molecule has 4 rings (SSSR count). The summed E-state index contributed by atoms with van der Waals surface area (Å²) in [7, 11) is 2.50. The third kappa shape index (κ3) is 5.79. The predicted octanol–water partition coefficient (Wildman–Crippen LogP) is -0.637. The monoisotopic (exact) mass is 554 g/mol. The number of aliphatic hydroxyl groups excluding tert-OH is 3. The summed E-state index contributed by atoms with van der Waals surface area (Å²) in [6, 6.07) is 3.80. The molecule has 2 saturated heterocycles. The first-order chi connectivity index (χ1) is 18.5. The minimum atomic E-state index is -1.75. The largest absolute Gasteiger partial charge is 0.504 e. The van der Waals surface area contributed by atoms with Crippen LogP contribution in [0.15, 0.2) is 30.0 Å². The van der Waals surface area contributed by atoms with E-state index in [4.69, 9.17) is 33.2 Å². The Morgan fingerprint density at radius 3 is 2.49 bits per heavy atom. The lowest BCUT2D eigenvalue weighted by molar-refractivity contribution is -0.346. The van der Waals surface area contributed by atoms with Gasteiger partial charge in [-0.25, -0.2) is 9.59 Å². The maximum Gasteiger partial charge on any atom is 0.338 e. The van der Waals surface area contributed by atoms with Crippen molar-refractivity contribution in [2.75, 3.05) is 20.8 Å². The first kappa shape index (κ1) is 28.6. The normalized spacial score (nSPS) is 34.1. The lowest BCUT2D eigenvalue weighted by Crippen LogP contribution is -2.61. The molecule has 0 amide bonds. The molecule has 0 saturated carbocycles. The number of hydrogen-bond acceptors (Lipinski definition) is 14. The summed E-state index contributed by atoms with van der Waals surface area (Å²) in [5.74, 6) is -3.57. The summed E-state index contributed by atoms with van der Waals surface area (Å²) in [5, 5.41) is 41.1. The molecule has 3 aliphatic heterocycles. The molecule has 3 heterocycles. The molecule has 0 radical (unpaired) electrons. The van der Waals surface area contributed by atoms with Crippen molar-refractivity contribution in [3.63, 3.8) is 0 Å². The van der Waals surface area contributed by atoms with E-state index >= 15 is 0 Å². The smallest absolute Gasteiger partial charge is 0.338 e. The van der Waals surface area contributed by atoms with Gasteiger partial charge in [-0.2, -0.15) is 0 Å². The fourth-order valence-electron chi connectivity index (χ4n) is 4.81. The summed E-state index contributed by atoms with van der Waals surface area (Å²) in [6.45, 7) is 1.05. The number of rotatable bonds is 7. The molecule has 0 spiro atoms. The fourth-order valence-corrected chi connectivity index (χ4v) is 4.81. The topological polar surface area (TPSA) is 197 Å². The summed E-state index contributed by atoms with van der Waals surface area (Å²) in [5.41, 5.74) is 0.154. The van der Waals surface area contributed by atoms with E-state index in [9.17, 15) is 34.8 Å². The fraction of sp³-hybridized carbons (Fsp3) is 0.560. The van der Waals surface area contributed by atoms with Crippen LogP contribution in [-0.2, 0) is 38.0 Å². The number of benzene rings is 1. The number of hydrogen-bond donors (Lipinski definition) is 4. The highest BCUT2D eigenvalue weighted by molar-refractivity contribution is 5.90. The molecule has 9 unspecified atom stereocenters. The molecular formula is C25H30O14. The first-order valence-electron chi connectivity index (χ1n) is 12.1. The van der Waals surface area contributed by atoms with Crippen molar-refractivity contribution in [3.05, 3.63) is 35.6 Å². The molecule has 1 aromatic rings. The number of ether oxygens (including phenoxy) is 7. The second kappa shape index (κ2) is 11.8. The van der Waals surface area contributed by atoms with Crippen LogP contribution in [-0.4, -0.2) is 102 Å². The van der Waals surface area contributed by atoms with Crippen LogP contribution in [0, 0.1) is 11.8 Å². The van der Waals surface area contributed by atoms with Gasteiger partial charge in [0.05, 0.1) is 44.0 Å². The number of carbonyl (C=O) groups is 3. The van der Waals surface area contributed by atoms with Crippen LogP contribution >= 0.6 is 0 Å². The zero-order valence-corrected chi connectivity index (χ0v) is 21.3. The molecular weight excluding hydrogens is 524 g/mol. The molecule has 4 N–H and O–H groups in total. The zero-order valence-electron chi connectivity index (χ0n) is 21.3. The number of aromatic hydroxyl groups is 1. The van der Waals surface area contributed by atoms with E-state index in [-0.39, 0.29) is 29.1 Å². The van der Waals surface area contributed by atoms with Gasteiger partial charge >= 0.3 is 17.9 Å². The van der Waals surface area contributed by atoms with Gasteiger partial charge in [0.25, 0.3) is 0 Å². The Labute approximate surface area is 222 Å². The lowest BCUT2D eigenvalue weighted by Gasteiger charge is -2.45. The molecule has 39 heavy (non-hydrogen) atoms. The van der Waals surface area contributed by atoms with Crippen LogP contribution in [0.1, 0.15) is 23.7 Å². The van der Waals surface area contributed by atoms with Gasteiger partial charge in [0.1, 0.15) is 37.1 Å². The molecule has 214 valence electrons. The summed E-state index contributed by atoms with van der Waals surface area (Å²) >= 11 is 0. The summed E-state index contributed by atoms with van der Waals surface area (Å²) in [6.07, 6.45) is -9.01. The SMILES string of the molecule is COC(=O)C1=COC(OC2OC(COC(=O)c3ccc(O)c(OC)c3)C(O)C(O)C2O)C2C(C)OC(=O)CC12. The first-order valence-corrected chi connectivity index (χ1v) is 12.1. The quantitative estimate of drug-likeness (QED) is 0.245. The van der Waals surface area contributed by atoms with Crippen LogP contribution in [0.25, 0.3) is 0 Å². The summed E-state index contributed by atoms with van der Waals surface area (Å²) in [4.78, 5) is 36.8. The van der Waals surface area contributed by atoms with E-state index in [0.717, 1.165) is 6.26 Å². The van der Waals surface area contributed by atoms with Crippen LogP contribution in [0.4, 0.5) is 0 Å². The summed E-state index contributed by atoms with van der Waals surface area (Å²) < 4.78 is 37.3. The van der Waals surface area contributed by atoms with Gasteiger partial charge in [-0.05, 0) is 25.1 Å². The average Bonchev–Trinajstić information content (AvgIpc) is 2.92. The Hall–Kier alpha value is -3.43. The van der Waals surface area contributed by atoms with Crippen LogP contribution < -0.4 is 4.74 Å². The number of fused-ring (bicyclic) bond motifs is 1. The molecule has 3 aliphatic rings. The number of carbonyl (C=O) groups excluding carboxylic acids is 3.